The van der Waals surface area contributed by atoms with E-state index in [9.17, 15) is 14.4 Å². The van der Waals surface area contributed by atoms with Crippen LogP contribution in [0.1, 0.15) is 105 Å². The van der Waals surface area contributed by atoms with Crippen LogP contribution < -0.4 is 10.6 Å². The van der Waals surface area contributed by atoms with Crippen LogP contribution in [0.2, 0.25) is 0 Å². The van der Waals surface area contributed by atoms with Gasteiger partial charge in [-0.2, -0.15) is 0 Å². The third kappa shape index (κ3) is 10.2. The number of rotatable bonds is 13. The highest BCUT2D eigenvalue weighted by molar-refractivity contribution is 5.92. The molecule has 1 aromatic rings. The number of nitrogens with zero attached hydrogens (tertiary/aromatic N) is 1. The smallest absolute Gasteiger partial charge is 0.408 e. The molecule has 0 radical (unpaired) electrons. The van der Waals surface area contributed by atoms with Gasteiger partial charge in [-0.05, 0) is 77.0 Å². The molecule has 1 aromatic carbocycles. The van der Waals surface area contributed by atoms with Crippen molar-refractivity contribution < 1.29 is 19.1 Å². The number of carbonyl (C=O) groups is 3. The number of nitrogens with one attached hydrogen (secondary N) is 2. The fraction of sp³-hybridized carbons (Fsp3) is 0.633. The van der Waals surface area contributed by atoms with Crippen molar-refractivity contribution in [2.75, 3.05) is 6.54 Å². The summed E-state index contributed by atoms with van der Waals surface area (Å²) in [5.74, 6) is -0.437. The Morgan fingerprint density at radius 3 is 2.27 bits per heavy atom. The second-order valence-corrected chi connectivity index (χ2v) is 11.6. The van der Waals surface area contributed by atoms with E-state index in [4.69, 9.17) is 4.74 Å². The molecule has 0 aliphatic rings. The molecule has 0 aliphatic carbocycles. The molecular formula is C30H49N3O4. The first-order valence-electron chi connectivity index (χ1n) is 13.5. The molecule has 0 spiro atoms. The number of carbonyl (C=O) groups excluding carboxylic acids is 3. The zero-order valence-electron chi connectivity index (χ0n) is 24.4. The van der Waals surface area contributed by atoms with Crippen LogP contribution in [0.5, 0.6) is 0 Å². The van der Waals surface area contributed by atoms with Gasteiger partial charge < -0.3 is 20.3 Å². The van der Waals surface area contributed by atoms with Gasteiger partial charge >= 0.3 is 6.09 Å². The van der Waals surface area contributed by atoms with Crippen molar-refractivity contribution in [3.05, 3.63) is 42.0 Å². The summed E-state index contributed by atoms with van der Waals surface area (Å²) in [5.41, 5.74) is 0.168. The van der Waals surface area contributed by atoms with Gasteiger partial charge in [0.15, 0.2) is 0 Å². The lowest BCUT2D eigenvalue weighted by Gasteiger charge is -2.45. The minimum atomic E-state index is -0.880. The molecule has 2 atom stereocenters. The van der Waals surface area contributed by atoms with Crippen molar-refractivity contribution in [3.8, 4) is 0 Å². The topological polar surface area (TPSA) is 87.7 Å². The molecule has 2 N–H and O–H groups in total. The Balaban J connectivity index is 3.64. The monoisotopic (exact) mass is 515 g/mol. The quantitative estimate of drug-likeness (QED) is 0.304. The van der Waals surface area contributed by atoms with Gasteiger partial charge in [-0.3, -0.25) is 9.59 Å². The van der Waals surface area contributed by atoms with Crippen LogP contribution in [-0.2, 0) is 14.3 Å². The highest BCUT2D eigenvalue weighted by Crippen LogP contribution is 2.33. The largest absolute Gasteiger partial charge is 0.444 e. The number of amides is 3. The number of unbranched alkanes of at least 4 members (excludes halogenated alkanes) is 1. The predicted molar refractivity (Wildman–Crippen MR) is 151 cm³/mol. The number of ether oxygens (including phenoxy) is 1. The molecule has 0 saturated heterocycles. The number of hydrogen-bond donors (Lipinski definition) is 2. The lowest BCUT2D eigenvalue weighted by molar-refractivity contribution is -0.149. The summed E-state index contributed by atoms with van der Waals surface area (Å²) in [6.45, 7) is 21.7. The Morgan fingerprint density at radius 1 is 1.11 bits per heavy atom. The summed E-state index contributed by atoms with van der Waals surface area (Å²) in [7, 11) is 0. The van der Waals surface area contributed by atoms with Crippen LogP contribution in [0.15, 0.2) is 30.8 Å². The molecular weight excluding hydrogens is 466 g/mol. The van der Waals surface area contributed by atoms with E-state index < -0.39 is 29.3 Å². The molecule has 0 aliphatic heterocycles. The third-order valence-electron chi connectivity index (χ3n) is 6.25. The van der Waals surface area contributed by atoms with Gasteiger partial charge in [0.05, 0.1) is 0 Å². The Kier molecular flexibility index (Phi) is 12.4. The zero-order chi connectivity index (χ0) is 28.4. The van der Waals surface area contributed by atoms with E-state index in [0.29, 0.717) is 24.9 Å². The maximum atomic E-state index is 14.3. The van der Waals surface area contributed by atoms with Gasteiger partial charge in [-0.15, -0.1) is 0 Å². The fourth-order valence-electron chi connectivity index (χ4n) is 4.01. The molecule has 0 saturated carbocycles. The molecule has 0 aromatic heterocycles. The summed E-state index contributed by atoms with van der Waals surface area (Å²) < 4.78 is 5.47. The van der Waals surface area contributed by atoms with Crippen LogP contribution >= 0.6 is 0 Å². The van der Waals surface area contributed by atoms with Crippen molar-refractivity contribution >= 4 is 24.0 Å². The van der Waals surface area contributed by atoms with E-state index in [0.717, 1.165) is 18.4 Å². The predicted octanol–water partition coefficient (Wildman–Crippen LogP) is 6.24. The van der Waals surface area contributed by atoms with Crippen LogP contribution in [-0.4, -0.2) is 46.5 Å². The number of benzene rings is 1. The Hall–Kier alpha value is -2.83. The average Bonchev–Trinajstić information content (AvgIpc) is 2.80. The van der Waals surface area contributed by atoms with Gasteiger partial charge in [0.25, 0.3) is 0 Å². The molecule has 2 unspecified atom stereocenters. The van der Waals surface area contributed by atoms with E-state index in [1.807, 2.05) is 58.9 Å². The van der Waals surface area contributed by atoms with Crippen LogP contribution in [0.25, 0.3) is 6.08 Å². The summed E-state index contributed by atoms with van der Waals surface area (Å²) >= 11 is 0. The highest BCUT2D eigenvalue weighted by Gasteiger charge is 2.43. The molecule has 0 heterocycles. The Bertz CT molecular complexity index is 918. The molecule has 1 rings (SSSR count). The second kappa shape index (κ2) is 14.2. The number of alkyl carbamates (subject to hydrolysis) is 1. The fourth-order valence-corrected chi connectivity index (χ4v) is 4.01. The normalized spacial score (nSPS) is 13.5. The van der Waals surface area contributed by atoms with E-state index in [-0.39, 0.29) is 17.7 Å². The van der Waals surface area contributed by atoms with Crippen LogP contribution in [0.4, 0.5) is 4.79 Å². The first kappa shape index (κ1) is 32.2. The average molecular weight is 516 g/mol. The maximum absolute atomic E-state index is 14.3. The van der Waals surface area contributed by atoms with E-state index in [1.165, 1.54) is 0 Å². The van der Waals surface area contributed by atoms with Gasteiger partial charge in [0, 0.05) is 12.1 Å². The lowest BCUT2D eigenvalue weighted by Crippen LogP contribution is -2.59. The SMILES string of the molecule is C=Cc1cccc(C(C(=O)NCCCC)N(C(=O)C(CC(C)C)NC(=O)OC(C)(C)C)C(C)(C)CC)c1. The summed E-state index contributed by atoms with van der Waals surface area (Å²) in [6.07, 6.45) is 3.87. The lowest BCUT2D eigenvalue weighted by atomic mass is 9.90. The first-order chi connectivity index (χ1) is 17.2. The molecule has 208 valence electrons. The van der Waals surface area contributed by atoms with E-state index >= 15 is 0 Å². The van der Waals surface area contributed by atoms with E-state index in [2.05, 4.69) is 24.1 Å². The minimum absolute atomic E-state index is 0.122. The standard InChI is InChI=1S/C30H49N3O4/c1-11-14-18-31-26(34)25(23-17-15-16-22(12-2)20-23)33(30(9,10)13-3)27(35)24(19-21(4)5)32-28(36)37-29(6,7)8/h12,15-17,20-21,24-25H,2,11,13-14,18-19H2,1,3-10H3,(H,31,34)(H,32,36). The van der Waals surface area contributed by atoms with Crippen molar-refractivity contribution in [2.45, 2.75) is 111 Å². The molecule has 7 nitrogen and oxygen atoms in total. The zero-order valence-corrected chi connectivity index (χ0v) is 24.4. The highest BCUT2D eigenvalue weighted by atomic mass is 16.6. The third-order valence-corrected chi connectivity index (χ3v) is 6.25. The molecule has 7 heteroatoms. The Morgan fingerprint density at radius 2 is 1.76 bits per heavy atom. The second-order valence-electron chi connectivity index (χ2n) is 11.6. The maximum Gasteiger partial charge on any atom is 0.408 e. The van der Waals surface area contributed by atoms with Crippen LogP contribution in [0.3, 0.4) is 0 Å². The van der Waals surface area contributed by atoms with Gasteiger partial charge in [0.2, 0.25) is 11.8 Å². The first-order valence-corrected chi connectivity index (χ1v) is 13.5. The van der Waals surface area contributed by atoms with Gasteiger partial charge in [-0.1, -0.05) is 65.0 Å². The molecule has 37 heavy (non-hydrogen) atoms. The molecule has 3 amide bonds. The summed E-state index contributed by atoms with van der Waals surface area (Å²) in [5, 5.41) is 5.83. The molecule has 0 bridgehead atoms. The summed E-state index contributed by atoms with van der Waals surface area (Å²) in [6, 6.07) is 5.79. The van der Waals surface area contributed by atoms with E-state index in [1.54, 1.807) is 31.7 Å². The van der Waals surface area contributed by atoms with Gasteiger partial charge in [0.1, 0.15) is 17.7 Å². The van der Waals surface area contributed by atoms with Crippen molar-refractivity contribution in [2.24, 2.45) is 5.92 Å². The van der Waals surface area contributed by atoms with Crippen molar-refractivity contribution in [1.29, 1.82) is 0 Å². The van der Waals surface area contributed by atoms with Gasteiger partial charge in [-0.25, -0.2) is 4.79 Å². The van der Waals surface area contributed by atoms with Crippen LogP contribution in [0, 0.1) is 5.92 Å². The number of hydrogen-bond acceptors (Lipinski definition) is 4. The molecule has 0 fully saturated rings. The van der Waals surface area contributed by atoms with Crippen molar-refractivity contribution in [1.82, 2.24) is 15.5 Å². The van der Waals surface area contributed by atoms with Crippen molar-refractivity contribution in [3.63, 3.8) is 0 Å². The minimum Gasteiger partial charge on any atom is -0.444 e. The Labute approximate surface area is 224 Å². The summed E-state index contributed by atoms with van der Waals surface area (Å²) in [4.78, 5) is 42.5.